The van der Waals surface area contributed by atoms with Gasteiger partial charge in [-0.3, -0.25) is 4.79 Å². The van der Waals surface area contributed by atoms with Crippen LogP contribution in [0.4, 0.5) is 5.69 Å². The third-order valence-electron chi connectivity index (χ3n) is 2.68. The highest BCUT2D eigenvalue weighted by molar-refractivity contribution is 8.03. The van der Waals surface area contributed by atoms with Crippen LogP contribution in [0.1, 0.15) is 20.3 Å². The molecule has 0 bridgehead atoms. The lowest BCUT2D eigenvalue weighted by molar-refractivity contribution is -0.115. The van der Waals surface area contributed by atoms with Crippen LogP contribution >= 0.6 is 58.1 Å². The van der Waals surface area contributed by atoms with Crippen LogP contribution in [0.25, 0.3) is 0 Å². The summed E-state index contributed by atoms with van der Waals surface area (Å²) in [5.41, 5.74) is 0.435. The van der Waals surface area contributed by atoms with E-state index in [0.29, 0.717) is 15.7 Å². The highest BCUT2D eigenvalue weighted by Gasteiger charge is 2.19. The summed E-state index contributed by atoms with van der Waals surface area (Å²) in [5.74, 6) is 0.836. The van der Waals surface area contributed by atoms with Gasteiger partial charge in [-0.05, 0) is 25.5 Å². The molecule has 0 saturated carbocycles. The van der Waals surface area contributed by atoms with Crippen molar-refractivity contribution >= 4 is 69.7 Å². The van der Waals surface area contributed by atoms with Gasteiger partial charge < -0.3 is 5.32 Å². The Kier molecular flexibility index (Phi) is 7.49. The van der Waals surface area contributed by atoms with E-state index >= 15 is 0 Å². The molecule has 2 rings (SSSR count). The van der Waals surface area contributed by atoms with E-state index in [-0.39, 0.29) is 11.2 Å². The molecule has 2 aromatic rings. The number of para-hydroxylation sites is 1. The normalized spacial score (nSPS) is 12.2. The molecule has 1 aromatic heterocycles. The Hall–Kier alpha value is -0.470. The lowest BCUT2D eigenvalue weighted by atomic mass is 10.3. The number of thioether (sulfide) groups is 2. The van der Waals surface area contributed by atoms with Gasteiger partial charge in [0.1, 0.15) is 0 Å². The smallest absolute Gasteiger partial charge is 0.237 e. The standard InChI is InChI=1S/C14H15Cl2N3OS3/c1-3-7-21-13-18-19-14(23-13)22-8(2)12(20)17-11-9(15)5-4-6-10(11)16/h4-6,8H,3,7H2,1-2H3,(H,17,20)/t8-/m0/s1. The van der Waals surface area contributed by atoms with Crippen molar-refractivity contribution in [2.24, 2.45) is 0 Å². The molecule has 0 unspecified atom stereocenters. The quantitative estimate of drug-likeness (QED) is 0.616. The second-order valence-corrected chi connectivity index (χ2v) is 9.25. The third kappa shape index (κ3) is 5.53. The maximum absolute atomic E-state index is 12.3. The van der Waals surface area contributed by atoms with Crippen LogP contribution in [0.15, 0.2) is 26.9 Å². The maximum Gasteiger partial charge on any atom is 0.237 e. The highest BCUT2D eigenvalue weighted by Crippen LogP contribution is 2.33. The molecule has 23 heavy (non-hydrogen) atoms. The average molecular weight is 408 g/mol. The number of carbonyl (C=O) groups excluding carboxylic acids is 1. The van der Waals surface area contributed by atoms with Crippen LogP contribution < -0.4 is 5.32 Å². The van der Waals surface area contributed by atoms with Crippen molar-refractivity contribution in [3.63, 3.8) is 0 Å². The summed E-state index contributed by atoms with van der Waals surface area (Å²) in [5, 5.41) is 11.5. The molecule has 9 heteroatoms. The molecular weight excluding hydrogens is 393 g/mol. The van der Waals surface area contributed by atoms with Gasteiger partial charge in [0.15, 0.2) is 8.68 Å². The highest BCUT2D eigenvalue weighted by atomic mass is 35.5. The Morgan fingerprint density at radius 1 is 1.30 bits per heavy atom. The molecule has 1 amide bonds. The minimum atomic E-state index is -0.334. The number of halogens is 2. The number of nitrogens with one attached hydrogen (secondary N) is 1. The Balaban J connectivity index is 1.96. The van der Waals surface area contributed by atoms with Crippen molar-refractivity contribution in [1.29, 1.82) is 0 Å². The molecule has 0 aliphatic carbocycles. The van der Waals surface area contributed by atoms with Gasteiger partial charge in [0.05, 0.1) is 21.0 Å². The van der Waals surface area contributed by atoms with Crippen molar-refractivity contribution in [2.75, 3.05) is 11.1 Å². The number of carbonyl (C=O) groups is 1. The van der Waals surface area contributed by atoms with Crippen molar-refractivity contribution in [2.45, 2.75) is 34.2 Å². The molecular formula is C14H15Cl2N3OS3. The molecule has 0 aliphatic rings. The molecule has 1 N–H and O–H groups in total. The third-order valence-corrected chi connectivity index (χ3v) is 6.75. The van der Waals surface area contributed by atoms with Crippen molar-refractivity contribution < 1.29 is 4.79 Å². The summed E-state index contributed by atoms with van der Waals surface area (Å²) >= 11 is 16.7. The largest absolute Gasteiger partial charge is 0.323 e. The first-order valence-corrected chi connectivity index (χ1v) is 10.3. The Morgan fingerprint density at radius 2 is 1.96 bits per heavy atom. The van der Waals surface area contributed by atoms with Crippen LogP contribution in [0.2, 0.25) is 10.0 Å². The minimum Gasteiger partial charge on any atom is -0.323 e. The van der Waals surface area contributed by atoms with E-state index in [1.807, 2.05) is 6.92 Å². The predicted octanol–water partition coefficient (Wildman–Crippen LogP) is 5.47. The number of rotatable bonds is 7. The fourth-order valence-electron chi connectivity index (χ4n) is 1.54. The second kappa shape index (κ2) is 9.13. The zero-order valence-corrected chi connectivity index (χ0v) is 16.5. The van der Waals surface area contributed by atoms with Gasteiger partial charge in [0.25, 0.3) is 0 Å². The topological polar surface area (TPSA) is 54.9 Å². The first kappa shape index (κ1) is 18.9. The molecule has 0 fully saturated rings. The van der Waals surface area contributed by atoms with E-state index in [2.05, 4.69) is 22.4 Å². The molecule has 1 atom stereocenters. The van der Waals surface area contributed by atoms with E-state index in [1.54, 1.807) is 30.0 Å². The number of aromatic nitrogens is 2. The SMILES string of the molecule is CCCSc1nnc(S[C@@H](C)C(=O)Nc2c(Cl)cccc2Cl)s1. The van der Waals surface area contributed by atoms with Crippen LogP contribution in [0.5, 0.6) is 0 Å². The van der Waals surface area contributed by atoms with E-state index in [1.165, 1.54) is 23.1 Å². The predicted molar refractivity (Wildman–Crippen MR) is 101 cm³/mol. The Morgan fingerprint density at radius 3 is 2.61 bits per heavy atom. The molecule has 1 heterocycles. The Bertz CT molecular complexity index is 661. The lowest BCUT2D eigenvalue weighted by Gasteiger charge is -2.12. The maximum atomic E-state index is 12.3. The number of hydrogen-bond donors (Lipinski definition) is 1. The number of amides is 1. The van der Waals surface area contributed by atoms with Crippen LogP contribution in [-0.4, -0.2) is 27.1 Å². The zero-order chi connectivity index (χ0) is 16.8. The molecule has 1 aromatic carbocycles. The zero-order valence-electron chi connectivity index (χ0n) is 12.5. The van der Waals surface area contributed by atoms with Gasteiger partial charge in [0, 0.05) is 5.75 Å². The summed E-state index contributed by atoms with van der Waals surface area (Å²) in [6.45, 7) is 3.93. The average Bonchev–Trinajstić information content (AvgIpc) is 2.96. The molecule has 0 radical (unpaired) electrons. The summed E-state index contributed by atoms with van der Waals surface area (Å²) < 4.78 is 1.70. The van der Waals surface area contributed by atoms with Crippen molar-refractivity contribution in [3.05, 3.63) is 28.2 Å². The van der Waals surface area contributed by atoms with Gasteiger partial charge in [-0.25, -0.2) is 0 Å². The molecule has 0 spiro atoms. The number of hydrogen-bond acceptors (Lipinski definition) is 6. The van der Waals surface area contributed by atoms with Crippen molar-refractivity contribution in [3.8, 4) is 0 Å². The van der Waals surface area contributed by atoms with E-state index < -0.39 is 0 Å². The van der Waals surface area contributed by atoms with Crippen LogP contribution in [0, 0.1) is 0 Å². The summed E-state index contributed by atoms with van der Waals surface area (Å²) in [7, 11) is 0. The van der Waals surface area contributed by atoms with E-state index in [9.17, 15) is 4.79 Å². The fraction of sp³-hybridized carbons (Fsp3) is 0.357. The molecule has 4 nitrogen and oxygen atoms in total. The number of nitrogens with zero attached hydrogens (tertiary/aromatic N) is 2. The first-order chi connectivity index (χ1) is 11.0. The van der Waals surface area contributed by atoms with Gasteiger partial charge in [-0.2, -0.15) is 0 Å². The summed E-state index contributed by atoms with van der Waals surface area (Å²) in [6.07, 6.45) is 1.09. The molecule has 124 valence electrons. The van der Waals surface area contributed by atoms with Crippen molar-refractivity contribution in [1.82, 2.24) is 10.2 Å². The minimum absolute atomic E-state index is 0.178. The number of benzene rings is 1. The van der Waals surface area contributed by atoms with E-state index in [0.717, 1.165) is 20.9 Å². The van der Waals surface area contributed by atoms with Gasteiger partial charge in [-0.1, -0.05) is 71.1 Å². The Labute approximate surface area is 157 Å². The summed E-state index contributed by atoms with van der Waals surface area (Å²) in [4.78, 5) is 12.3. The second-order valence-electron chi connectivity index (χ2n) is 4.53. The monoisotopic (exact) mass is 407 g/mol. The van der Waals surface area contributed by atoms with E-state index in [4.69, 9.17) is 23.2 Å². The number of anilines is 1. The summed E-state index contributed by atoms with van der Waals surface area (Å²) in [6, 6.07) is 5.10. The van der Waals surface area contributed by atoms with Gasteiger partial charge in [0.2, 0.25) is 5.91 Å². The van der Waals surface area contributed by atoms with Gasteiger partial charge in [-0.15, -0.1) is 10.2 Å². The fourth-order valence-corrected chi connectivity index (χ4v) is 5.12. The van der Waals surface area contributed by atoms with Crippen LogP contribution in [0.3, 0.4) is 0 Å². The first-order valence-electron chi connectivity index (χ1n) is 6.89. The van der Waals surface area contributed by atoms with Crippen LogP contribution in [-0.2, 0) is 4.79 Å². The van der Waals surface area contributed by atoms with Gasteiger partial charge >= 0.3 is 0 Å². The molecule has 0 aliphatic heterocycles. The lowest BCUT2D eigenvalue weighted by Crippen LogP contribution is -2.22. The molecule has 0 saturated heterocycles.